The Bertz CT molecular complexity index is 511. The largest absolute Gasteiger partial charge is 0.481 e. The predicted octanol–water partition coefficient (Wildman–Crippen LogP) is 2.89. The van der Waals surface area contributed by atoms with Crippen LogP contribution in [0.4, 0.5) is 0 Å². The van der Waals surface area contributed by atoms with Gasteiger partial charge in [-0.3, -0.25) is 0 Å². The Morgan fingerprint density at radius 3 is 2.32 bits per heavy atom. The first-order valence-corrected chi connectivity index (χ1v) is 6.46. The van der Waals surface area contributed by atoms with E-state index < -0.39 is 6.10 Å². The van der Waals surface area contributed by atoms with Gasteiger partial charge < -0.3 is 9.84 Å². The number of ether oxygens (including phenoxy) is 1. The average molecular weight is 278 g/mol. The van der Waals surface area contributed by atoms with E-state index in [1.807, 2.05) is 30.3 Å². The number of benzene rings is 1. The molecule has 0 fully saturated rings. The van der Waals surface area contributed by atoms with Gasteiger partial charge in [0.25, 0.3) is 0 Å². The second kappa shape index (κ2) is 6.55. The van der Waals surface area contributed by atoms with Gasteiger partial charge >= 0.3 is 0 Å². The Morgan fingerprint density at radius 1 is 1.11 bits per heavy atom. The number of aromatic nitrogens is 1. The molecule has 2 aromatic rings. The Kier molecular flexibility index (Phi) is 4.77. The highest BCUT2D eigenvalue weighted by atomic mass is 35.5. The third-order valence-corrected chi connectivity index (χ3v) is 3.11. The van der Waals surface area contributed by atoms with Crippen molar-refractivity contribution in [3.05, 3.63) is 58.7 Å². The van der Waals surface area contributed by atoms with Gasteiger partial charge in [-0.15, -0.1) is 0 Å². The van der Waals surface area contributed by atoms with Gasteiger partial charge in [-0.05, 0) is 29.7 Å². The molecular weight excluding hydrogens is 262 g/mol. The van der Waals surface area contributed by atoms with E-state index in [1.54, 1.807) is 19.4 Å². The van der Waals surface area contributed by atoms with Gasteiger partial charge in [-0.25, -0.2) is 4.98 Å². The topological polar surface area (TPSA) is 42.4 Å². The minimum absolute atomic E-state index is 0.434. The third kappa shape index (κ3) is 4.23. The van der Waals surface area contributed by atoms with Crippen molar-refractivity contribution in [1.82, 2.24) is 4.98 Å². The van der Waals surface area contributed by atoms with E-state index in [4.69, 9.17) is 16.3 Å². The zero-order valence-electron chi connectivity index (χ0n) is 10.7. The van der Waals surface area contributed by atoms with Gasteiger partial charge in [-0.2, -0.15) is 0 Å². The fraction of sp³-hybridized carbons (Fsp3) is 0.267. The lowest BCUT2D eigenvalue weighted by Gasteiger charge is -2.11. The molecule has 1 unspecified atom stereocenters. The van der Waals surface area contributed by atoms with Crippen LogP contribution in [0.3, 0.4) is 0 Å². The van der Waals surface area contributed by atoms with Crippen molar-refractivity contribution in [1.29, 1.82) is 0 Å². The van der Waals surface area contributed by atoms with Crippen LogP contribution >= 0.6 is 11.6 Å². The summed E-state index contributed by atoms with van der Waals surface area (Å²) in [6.07, 6.45) is 2.46. The molecule has 1 atom stereocenters. The molecule has 1 heterocycles. The van der Waals surface area contributed by atoms with Crippen LogP contribution in [0.1, 0.15) is 11.1 Å². The Balaban J connectivity index is 1.92. The van der Waals surface area contributed by atoms with E-state index >= 15 is 0 Å². The van der Waals surface area contributed by atoms with Crippen molar-refractivity contribution in [3.63, 3.8) is 0 Å². The summed E-state index contributed by atoms with van der Waals surface area (Å²) in [7, 11) is 1.58. The molecule has 0 spiro atoms. The highest BCUT2D eigenvalue weighted by Gasteiger charge is 2.07. The van der Waals surface area contributed by atoms with Crippen LogP contribution < -0.4 is 4.74 Å². The summed E-state index contributed by atoms with van der Waals surface area (Å²) >= 11 is 5.82. The molecule has 0 bridgehead atoms. The number of halogens is 1. The number of pyridine rings is 1. The molecule has 1 N–H and O–H groups in total. The molecule has 0 amide bonds. The van der Waals surface area contributed by atoms with E-state index in [-0.39, 0.29) is 0 Å². The summed E-state index contributed by atoms with van der Waals surface area (Å²) in [5, 5.41) is 10.8. The van der Waals surface area contributed by atoms with Gasteiger partial charge in [0.15, 0.2) is 0 Å². The van der Waals surface area contributed by atoms with E-state index in [1.165, 1.54) is 0 Å². The standard InChI is InChI=1S/C15H16ClNO2/c1-19-15-7-4-12(10-17-15)9-14(18)8-11-2-5-13(16)6-3-11/h2-7,10,14,18H,8-9H2,1H3. The lowest BCUT2D eigenvalue weighted by atomic mass is 10.0. The van der Waals surface area contributed by atoms with Crippen molar-refractivity contribution in [3.8, 4) is 5.88 Å². The number of rotatable bonds is 5. The lowest BCUT2D eigenvalue weighted by Crippen LogP contribution is -2.14. The Morgan fingerprint density at radius 2 is 1.74 bits per heavy atom. The highest BCUT2D eigenvalue weighted by molar-refractivity contribution is 6.30. The molecule has 1 aromatic carbocycles. The number of aliphatic hydroxyl groups is 1. The van der Waals surface area contributed by atoms with E-state index in [0.29, 0.717) is 23.7 Å². The molecule has 0 saturated carbocycles. The van der Waals surface area contributed by atoms with Gasteiger partial charge in [0.2, 0.25) is 5.88 Å². The number of aliphatic hydroxyl groups excluding tert-OH is 1. The Labute approximate surface area is 117 Å². The van der Waals surface area contributed by atoms with Crippen LogP contribution in [0, 0.1) is 0 Å². The van der Waals surface area contributed by atoms with Crippen LogP contribution in [0.5, 0.6) is 5.88 Å². The maximum atomic E-state index is 10.1. The van der Waals surface area contributed by atoms with Crippen molar-refractivity contribution >= 4 is 11.6 Å². The van der Waals surface area contributed by atoms with Crippen LogP contribution in [-0.2, 0) is 12.8 Å². The Hall–Kier alpha value is -1.58. The first kappa shape index (κ1) is 13.8. The first-order chi connectivity index (χ1) is 9.17. The average Bonchev–Trinajstić information content (AvgIpc) is 2.42. The molecular formula is C15H16ClNO2. The van der Waals surface area contributed by atoms with Crippen molar-refractivity contribution in [2.24, 2.45) is 0 Å². The quantitative estimate of drug-likeness (QED) is 0.914. The van der Waals surface area contributed by atoms with Crippen LogP contribution in [0.15, 0.2) is 42.6 Å². The summed E-state index contributed by atoms with van der Waals surface area (Å²) in [5.74, 6) is 0.580. The molecule has 1 aromatic heterocycles. The maximum absolute atomic E-state index is 10.1. The number of hydrogen-bond donors (Lipinski definition) is 1. The van der Waals surface area contributed by atoms with Crippen molar-refractivity contribution in [2.45, 2.75) is 18.9 Å². The van der Waals surface area contributed by atoms with Gasteiger partial charge in [0.1, 0.15) is 0 Å². The molecule has 0 aliphatic heterocycles. The summed E-state index contributed by atoms with van der Waals surface area (Å²) in [6.45, 7) is 0. The zero-order valence-corrected chi connectivity index (χ0v) is 11.5. The molecule has 0 aliphatic carbocycles. The third-order valence-electron chi connectivity index (χ3n) is 2.86. The number of nitrogens with zero attached hydrogens (tertiary/aromatic N) is 1. The summed E-state index contributed by atoms with van der Waals surface area (Å²) in [6, 6.07) is 11.2. The second-order valence-corrected chi connectivity index (χ2v) is 4.83. The van der Waals surface area contributed by atoms with Crippen molar-refractivity contribution in [2.75, 3.05) is 7.11 Å². The van der Waals surface area contributed by atoms with Crippen molar-refractivity contribution < 1.29 is 9.84 Å². The SMILES string of the molecule is COc1ccc(CC(O)Cc2ccc(Cl)cc2)cn1. The number of methoxy groups -OCH3 is 1. The van der Waals surface area contributed by atoms with Crippen LogP contribution in [0.25, 0.3) is 0 Å². The molecule has 0 radical (unpaired) electrons. The minimum Gasteiger partial charge on any atom is -0.481 e. The summed E-state index contributed by atoms with van der Waals surface area (Å²) in [4.78, 5) is 4.12. The maximum Gasteiger partial charge on any atom is 0.212 e. The molecule has 0 saturated heterocycles. The molecule has 4 heteroatoms. The summed E-state index contributed by atoms with van der Waals surface area (Å²) < 4.78 is 4.99. The summed E-state index contributed by atoms with van der Waals surface area (Å²) in [5.41, 5.74) is 2.06. The van der Waals surface area contributed by atoms with Crippen LogP contribution in [-0.4, -0.2) is 23.3 Å². The molecule has 0 aliphatic rings. The predicted molar refractivity (Wildman–Crippen MR) is 75.7 cm³/mol. The minimum atomic E-state index is -0.434. The van der Waals surface area contributed by atoms with E-state index in [2.05, 4.69) is 4.98 Å². The van der Waals surface area contributed by atoms with Crippen LogP contribution in [0.2, 0.25) is 5.02 Å². The lowest BCUT2D eigenvalue weighted by molar-refractivity contribution is 0.175. The highest BCUT2D eigenvalue weighted by Crippen LogP contribution is 2.14. The van der Waals surface area contributed by atoms with Gasteiger partial charge in [0.05, 0.1) is 13.2 Å². The van der Waals surface area contributed by atoms with E-state index in [0.717, 1.165) is 11.1 Å². The molecule has 100 valence electrons. The smallest absolute Gasteiger partial charge is 0.212 e. The first-order valence-electron chi connectivity index (χ1n) is 6.09. The fourth-order valence-electron chi connectivity index (χ4n) is 1.89. The monoisotopic (exact) mass is 277 g/mol. The molecule has 3 nitrogen and oxygen atoms in total. The molecule has 19 heavy (non-hydrogen) atoms. The van der Waals surface area contributed by atoms with Gasteiger partial charge in [-0.1, -0.05) is 29.8 Å². The molecule has 2 rings (SSSR count). The number of hydrogen-bond acceptors (Lipinski definition) is 3. The normalized spacial score (nSPS) is 12.2. The second-order valence-electron chi connectivity index (χ2n) is 4.40. The van der Waals surface area contributed by atoms with Gasteiger partial charge in [0, 0.05) is 23.7 Å². The fourth-order valence-corrected chi connectivity index (χ4v) is 2.02. The van der Waals surface area contributed by atoms with E-state index in [9.17, 15) is 5.11 Å². The zero-order chi connectivity index (χ0) is 13.7.